The van der Waals surface area contributed by atoms with E-state index in [-0.39, 0.29) is 11.5 Å². The van der Waals surface area contributed by atoms with Crippen molar-refractivity contribution in [2.24, 2.45) is 5.73 Å². The smallest absolute Gasteiger partial charge is 0.335 e. The molecule has 0 bridgehead atoms. The lowest BCUT2D eigenvalue weighted by Gasteiger charge is -2.36. The van der Waals surface area contributed by atoms with Gasteiger partial charge < -0.3 is 16.2 Å². The predicted molar refractivity (Wildman–Crippen MR) is 67.5 cm³/mol. The van der Waals surface area contributed by atoms with E-state index < -0.39 is 11.5 Å². The summed E-state index contributed by atoms with van der Waals surface area (Å²) in [5, 5.41) is 11.6. The number of carbonyl (C=O) groups is 2. The molecule has 1 aliphatic carbocycles. The van der Waals surface area contributed by atoms with E-state index in [0.29, 0.717) is 18.5 Å². The van der Waals surface area contributed by atoms with Crippen molar-refractivity contribution in [1.82, 2.24) is 0 Å². The highest BCUT2D eigenvalue weighted by Gasteiger charge is 2.40. The molecule has 1 aromatic rings. The van der Waals surface area contributed by atoms with Gasteiger partial charge in [-0.3, -0.25) is 4.79 Å². The Balaban J connectivity index is 2.20. The van der Waals surface area contributed by atoms with E-state index in [2.05, 4.69) is 5.32 Å². The van der Waals surface area contributed by atoms with E-state index in [1.54, 1.807) is 6.07 Å². The molecular weight excluding hydrogens is 232 g/mol. The van der Waals surface area contributed by atoms with Crippen molar-refractivity contribution >= 4 is 17.6 Å². The maximum Gasteiger partial charge on any atom is 0.335 e. The van der Waals surface area contributed by atoms with Crippen LogP contribution in [0.25, 0.3) is 0 Å². The summed E-state index contributed by atoms with van der Waals surface area (Å²) < 4.78 is 0. The van der Waals surface area contributed by atoms with E-state index in [9.17, 15) is 9.59 Å². The molecular formula is C13H16N2O3. The summed E-state index contributed by atoms with van der Waals surface area (Å²) in [6, 6.07) is 4.63. The van der Waals surface area contributed by atoms with Crippen LogP contribution in [0.3, 0.4) is 0 Å². The van der Waals surface area contributed by atoms with Gasteiger partial charge >= 0.3 is 5.97 Å². The summed E-state index contributed by atoms with van der Waals surface area (Å²) in [5.74, 6) is -1.25. The highest BCUT2D eigenvalue weighted by Crippen LogP contribution is 2.30. The third-order valence-electron chi connectivity index (χ3n) is 3.43. The lowest BCUT2D eigenvalue weighted by molar-refractivity contribution is -0.123. The number of nitrogens with two attached hydrogens (primary N) is 1. The zero-order valence-corrected chi connectivity index (χ0v) is 10.2. The van der Waals surface area contributed by atoms with Gasteiger partial charge in [0, 0.05) is 5.69 Å². The SMILES string of the molecule is Cc1ccc(C(=O)O)cc1NC(=O)C1(N)CCC1. The molecule has 0 unspecified atom stereocenters. The summed E-state index contributed by atoms with van der Waals surface area (Å²) in [5.41, 5.74) is 6.60. The Morgan fingerprint density at radius 1 is 1.39 bits per heavy atom. The summed E-state index contributed by atoms with van der Waals surface area (Å²) >= 11 is 0. The standard InChI is InChI=1S/C13H16N2O3/c1-8-3-4-9(11(16)17)7-10(8)15-12(18)13(14)5-2-6-13/h3-4,7H,2,5-6,14H2,1H3,(H,15,18)(H,16,17). The summed E-state index contributed by atoms with van der Waals surface area (Å²) in [6.45, 7) is 1.81. The van der Waals surface area contributed by atoms with E-state index in [1.165, 1.54) is 12.1 Å². The van der Waals surface area contributed by atoms with Gasteiger partial charge in [-0.1, -0.05) is 6.07 Å². The molecule has 0 aliphatic heterocycles. The highest BCUT2D eigenvalue weighted by molar-refractivity contribution is 6.00. The first-order valence-corrected chi connectivity index (χ1v) is 5.87. The number of carboxylic acid groups (broad SMARTS) is 1. The van der Waals surface area contributed by atoms with Gasteiger partial charge in [-0.15, -0.1) is 0 Å². The molecule has 18 heavy (non-hydrogen) atoms. The predicted octanol–water partition coefficient (Wildman–Crippen LogP) is 1.51. The highest BCUT2D eigenvalue weighted by atomic mass is 16.4. The molecule has 1 saturated carbocycles. The van der Waals surface area contributed by atoms with Crippen LogP contribution in [0.5, 0.6) is 0 Å². The molecule has 1 amide bonds. The van der Waals surface area contributed by atoms with Crippen molar-refractivity contribution in [2.75, 3.05) is 5.32 Å². The van der Waals surface area contributed by atoms with Gasteiger partial charge in [0.15, 0.2) is 0 Å². The van der Waals surface area contributed by atoms with Crippen molar-refractivity contribution in [3.05, 3.63) is 29.3 Å². The van der Waals surface area contributed by atoms with Crippen molar-refractivity contribution in [1.29, 1.82) is 0 Å². The second-order valence-corrected chi connectivity index (χ2v) is 4.80. The van der Waals surface area contributed by atoms with E-state index in [1.807, 2.05) is 6.92 Å². The molecule has 0 heterocycles. The van der Waals surface area contributed by atoms with Crippen LogP contribution in [0.15, 0.2) is 18.2 Å². The molecule has 0 saturated heterocycles. The third-order valence-corrected chi connectivity index (χ3v) is 3.43. The molecule has 0 atom stereocenters. The van der Waals surface area contributed by atoms with Crippen LogP contribution < -0.4 is 11.1 Å². The third kappa shape index (κ3) is 2.22. The Kier molecular flexibility index (Phi) is 3.09. The number of rotatable bonds is 3. The lowest BCUT2D eigenvalue weighted by atomic mass is 9.77. The van der Waals surface area contributed by atoms with Gasteiger partial charge in [-0.05, 0) is 43.9 Å². The Bertz CT molecular complexity index is 507. The molecule has 96 valence electrons. The quantitative estimate of drug-likeness (QED) is 0.756. The number of carbonyl (C=O) groups excluding carboxylic acids is 1. The van der Waals surface area contributed by atoms with Crippen LogP contribution in [-0.4, -0.2) is 22.5 Å². The Morgan fingerprint density at radius 3 is 2.56 bits per heavy atom. The number of hydrogen-bond donors (Lipinski definition) is 3. The Hall–Kier alpha value is -1.88. The minimum absolute atomic E-state index is 0.149. The normalized spacial score (nSPS) is 16.8. The molecule has 0 radical (unpaired) electrons. The van der Waals surface area contributed by atoms with Crippen LogP contribution in [0.2, 0.25) is 0 Å². The van der Waals surface area contributed by atoms with Gasteiger partial charge in [-0.25, -0.2) is 4.79 Å². The van der Waals surface area contributed by atoms with Crippen LogP contribution in [-0.2, 0) is 4.79 Å². The summed E-state index contributed by atoms with van der Waals surface area (Å²) in [4.78, 5) is 22.8. The van der Waals surface area contributed by atoms with Gasteiger partial charge in [0.25, 0.3) is 0 Å². The Labute approximate surface area is 105 Å². The van der Waals surface area contributed by atoms with Gasteiger partial charge in [0.1, 0.15) is 0 Å². The maximum absolute atomic E-state index is 12.0. The van der Waals surface area contributed by atoms with E-state index in [4.69, 9.17) is 10.8 Å². The van der Waals surface area contributed by atoms with Gasteiger partial charge in [0.05, 0.1) is 11.1 Å². The first-order valence-electron chi connectivity index (χ1n) is 5.87. The molecule has 1 aliphatic rings. The number of aromatic carboxylic acids is 1. The zero-order chi connectivity index (χ0) is 13.3. The van der Waals surface area contributed by atoms with Crippen molar-refractivity contribution in [3.8, 4) is 0 Å². The molecule has 5 heteroatoms. The van der Waals surface area contributed by atoms with Crippen LogP contribution in [0, 0.1) is 6.92 Å². The number of hydrogen-bond acceptors (Lipinski definition) is 3. The fraction of sp³-hybridized carbons (Fsp3) is 0.385. The van der Waals surface area contributed by atoms with Gasteiger partial charge in [0.2, 0.25) is 5.91 Å². The fourth-order valence-electron chi connectivity index (χ4n) is 1.92. The number of nitrogens with one attached hydrogen (secondary N) is 1. The first-order chi connectivity index (χ1) is 8.42. The monoisotopic (exact) mass is 248 g/mol. The Morgan fingerprint density at radius 2 is 2.06 bits per heavy atom. The number of benzene rings is 1. The molecule has 0 aromatic heterocycles. The second-order valence-electron chi connectivity index (χ2n) is 4.80. The number of amides is 1. The van der Waals surface area contributed by atoms with Crippen molar-refractivity contribution < 1.29 is 14.7 Å². The summed E-state index contributed by atoms with van der Waals surface area (Å²) in [7, 11) is 0. The maximum atomic E-state index is 12.0. The van der Waals surface area contributed by atoms with Crippen molar-refractivity contribution in [2.45, 2.75) is 31.7 Å². The molecule has 4 N–H and O–H groups in total. The van der Waals surface area contributed by atoms with Crippen LogP contribution in [0.1, 0.15) is 35.2 Å². The van der Waals surface area contributed by atoms with E-state index in [0.717, 1.165) is 12.0 Å². The van der Waals surface area contributed by atoms with Crippen LogP contribution in [0.4, 0.5) is 5.69 Å². The molecule has 5 nitrogen and oxygen atoms in total. The zero-order valence-electron chi connectivity index (χ0n) is 10.2. The number of anilines is 1. The number of carboxylic acids is 1. The lowest BCUT2D eigenvalue weighted by Crippen LogP contribution is -2.56. The minimum Gasteiger partial charge on any atom is -0.478 e. The van der Waals surface area contributed by atoms with Crippen LogP contribution >= 0.6 is 0 Å². The van der Waals surface area contributed by atoms with Crippen molar-refractivity contribution in [3.63, 3.8) is 0 Å². The van der Waals surface area contributed by atoms with E-state index >= 15 is 0 Å². The largest absolute Gasteiger partial charge is 0.478 e. The first kappa shape index (κ1) is 12.6. The summed E-state index contributed by atoms with van der Waals surface area (Å²) in [6.07, 6.45) is 2.31. The average molecular weight is 248 g/mol. The topological polar surface area (TPSA) is 92.4 Å². The molecule has 1 aromatic carbocycles. The van der Waals surface area contributed by atoms with Gasteiger partial charge in [-0.2, -0.15) is 0 Å². The molecule has 2 rings (SSSR count). The minimum atomic E-state index is -1.02. The molecule has 0 spiro atoms. The average Bonchev–Trinajstić information content (AvgIpc) is 2.28. The molecule has 1 fully saturated rings. The number of aryl methyl sites for hydroxylation is 1. The second kappa shape index (κ2) is 4.42. The fourth-order valence-corrected chi connectivity index (χ4v) is 1.92.